The molecule has 5 heteroatoms. The molecule has 0 aliphatic rings. The molecule has 0 saturated heterocycles. The van der Waals surface area contributed by atoms with Crippen molar-refractivity contribution in [3.63, 3.8) is 0 Å². The van der Waals surface area contributed by atoms with Crippen molar-refractivity contribution in [3.05, 3.63) is 58.3 Å². The Balaban J connectivity index is 2.17. The number of anilines is 2. The van der Waals surface area contributed by atoms with Crippen LogP contribution in [-0.4, -0.2) is 9.91 Å². The standard InChI is InChI=1S/C13H13N3O2/c1-2-10-3-5-11(6-4-10)15-13-9-12(16(17)18)7-8-14-13/h3-9H,2H2,1H3,(H,14,15). The number of benzene rings is 1. The molecule has 0 spiro atoms. The molecule has 5 nitrogen and oxygen atoms in total. The number of pyridine rings is 1. The number of nitro groups is 1. The molecule has 0 radical (unpaired) electrons. The first kappa shape index (κ1) is 12.0. The molecule has 2 rings (SSSR count). The molecule has 1 N–H and O–H groups in total. The lowest BCUT2D eigenvalue weighted by Crippen LogP contribution is -1.95. The van der Waals surface area contributed by atoms with Crippen LogP contribution in [0.25, 0.3) is 0 Å². The number of aryl methyl sites for hydroxylation is 1. The number of nitrogens with zero attached hydrogens (tertiary/aromatic N) is 2. The summed E-state index contributed by atoms with van der Waals surface area (Å²) in [5, 5.41) is 13.7. The molecule has 0 atom stereocenters. The van der Waals surface area contributed by atoms with E-state index in [9.17, 15) is 10.1 Å². The van der Waals surface area contributed by atoms with Crippen LogP contribution in [0.15, 0.2) is 42.6 Å². The Morgan fingerprint density at radius 1 is 1.28 bits per heavy atom. The molecule has 1 aromatic carbocycles. The zero-order valence-electron chi connectivity index (χ0n) is 9.96. The van der Waals surface area contributed by atoms with Gasteiger partial charge in [0, 0.05) is 18.0 Å². The Labute approximate surface area is 105 Å². The Kier molecular flexibility index (Phi) is 3.52. The Morgan fingerprint density at radius 2 is 2.00 bits per heavy atom. The SMILES string of the molecule is CCc1ccc(Nc2cc([N+](=O)[O-])ccn2)cc1. The summed E-state index contributed by atoms with van der Waals surface area (Å²) >= 11 is 0. The first-order valence-electron chi connectivity index (χ1n) is 5.65. The van der Waals surface area contributed by atoms with Gasteiger partial charge < -0.3 is 5.32 Å². The van der Waals surface area contributed by atoms with Gasteiger partial charge in [0.2, 0.25) is 0 Å². The third kappa shape index (κ3) is 2.82. The third-order valence-electron chi connectivity index (χ3n) is 2.59. The second-order valence-corrected chi connectivity index (χ2v) is 3.83. The Morgan fingerprint density at radius 3 is 2.61 bits per heavy atom. The maximum absolute atomic E-state index is 10.6. The highest BCUT2D eigenvalue weighted by molar-refractivity contribution is 5.58. The van der Waals surface area contributed by atoms with Crippen molar-refractivity contribution < 1.29 is 4.92 Å². The average molecular weight is 243 g/mol. The lowest BCUT2D eigenvalue weighted by atomic mass is 10.1. The van der Waals surface area contributed by atoms with Gasteiger partial charge in [-0.1, -0.05) is 19.1 Å². The van der Waals surface area contributed by atoms with E-state index < -0.39 is 4.92 Å². The molecular formula is C13H13N3O2. The summed E-state index contributed by atoms with van der Waals surface area (Å²) in [7, 11) is 0. The summed E-state index contributed by atoms with van der Waals surface area (Å²) in [5.74, 6) is 0.466. The first-order valence-corrected chi connectivity index (χ1v) is 5.65. The van der Waals surface area contributed by atoms with Gasteiger partial charge in [-0.3, -0.25) is 10.1 Å². The molecule has 1 aromatic heterocycles. The fraction of sp³-hybridized carbons (Fsp3) is 0.154. The maximum atomic E-state index is 10.6. The molecule has 2 aromatic rings. The van der Waals surface area contributed by atoms with Crippen LogP contribution in [0.2, 0.25) is 0 Å². The van der Waals surface area contributed by atoms with Crippen LogP contribution < -0.4 is 5.32 Å². The molecule has 0 amide bonds. The zero-order chi connectivity index (χ0) is 13.0. The monoisotopic (exact) mass is 243 g/mol. The quantitative estimate of drug-likeness (QED) is 0.660. The number of nitrogens with one attached hydrogen (secondary N) is 1. The third-order valence-corrected chi connectivity index (χ3v) is 2.59. The molecule has 0 aliphatic heterocycles. The summed E-state index contributed by atoms with van der Waals surface area (Å²) in [6.07, 6.45) is 2.40. The van der Waals surface area contributed by atoms with Crippen molar-refractivity contribution in [1.29, 1.82) is 0 Å². The van der Waals surface area contributed by atoms with Gasteiger partial charge in [-0.05, 0) is 24.1 Å². The minimum absolute atomic E-state index is 0.0256. The van der Waals surface area contributed by atoms with Crippen molar-refractivity contribution in [3.8, 4) is 0 Å². The summed E-state index contributed by atoms with van der Waals surface area (Å²) in [4.78, 5) is 14.2. The van der Waals surface area contributed by atoms with Crippen LogP contribution >= 0.6 is 0 Å². The van der Waals surface area contributed by atoms with Crippen LogP contribution in [0.3, 0.4) is 0 Å². The lowest BCUT2D eigenvalue weighted by Gasteiger charge is -2.05. The van der Waals surface area contributed by atoms with Crippen LogP contribution in [0, 0.1) is 10.1 Å². The highest BCUT2D eigenvalue weighted by atomic mass is 16.6. The summed E-state index contributed by atoms with van der Waals surface area (Å²) in [6, 6.07) is 10.7. The van der Waals surface area contributed by atoms with Gasteiger partial charge in [-0.15, -0.1) is 0 Å². The predicted molar refractivity (Wildman–Crippen MR) is 70.0 cm³/mol. The normalized spacial score (nSPS) is 10.1. The summed E-state index contributed by atoms with van der Waals surface area (Å²) in [5.41, 5.74) is 2.13. The number of hydrogen-bond acceptors (Lipinski definition) is 4. The average Bonchev–Trinajstić information content (AvgIpc) is 2.40. The number of rotatable bonds is 4. The molecule has 0 fully saturated rings. The molecular weight excluding hydrogens is 230 g/mol. The number of hydrogen-bond donors (Lipinski definition) is 1. The van der Waals surface area contributed by atoms with Gasteiger partial charge in [-0.25, -0.2) is 4.98 Å². The maximum Gasteiger partial charge on any atom is 0.274 e. The molecule has 0 bridgehead atoms. The van der Waals surface area contributed by atoms with Crippen LogP contribution in [0.4, 0.5) is 17.2 Å². The molecule has 18 heavy (non-hydrogen) atoms. The minimum Gasteiger partial charge on any atom is -0.340 e. The first-order chi connectivity index (χ1) is 8.69. The van der Waals surface area contributed by atoms with Gasteiger partial charge in [0.25, 0.3) is 5.69 Å². The van der Waals surface area contributed by atoms with Crippen molar-refractivity contribution >= 4 is 17.2 Å². The van der Waals surface area contributed by atoms with Crippen LogP contribution in [0.1, 0.15) is 12.5 Å². The largest absolute Gasteiger partial charge is 0.340 e. The van der Waals surface area contributed by atoms with E-state index >= 15 is 0 Å². The second-order valence-electron chi connectivity index (χ2n) is 3.83. The van der Waals surface area contributed by atoms with Crippen molar-refractivity contribution in [2.45, 2.75) is 13.3 Å². The van der Waals surface area contributed by atoms with E-state index in [0.717, 1.165) is 12.1 Å². The molecule has 92 valence electrons. The van der Waals surface area contributed by atoms with E-state index in [4.69, 9.17) is 0 Å². The molecule has 0 unspecified atom stereocenters. The van der Waals surface area contributed by atoms with Gasteiger partial charge in [0.05, 0.1) is 11.0 Å². The fourth-order valence-corrected chi connectivity index (χ4v) is 1.57. The molecule has 0 aliphatic carbocycles. The fourth-order valence-electron chi connectivity index (χ4n) is 1.57. The van der Waals surface area contributed by atoms with Gasteiger partial charge in [0.1, 0.15) is 5.82 Å². The van der Waals surface area contributed by atoms with Crippen molar-refractivity contribution in [2.75, 3.05) is 5.32 Å². The predicted octanol–water partition coefficient (Wildman–Crippen LogP) is 3.30. The van der Waals surface area contributed by atoms with E-state index in [1.807, 2.05) is 24.3 Å². The van der Waals surface area contributed by atoms with Gasteiger partial charge in [0.15, 0.2) is 0 Å². The van der Waals surface area contributed by atoms with Gasteiger partial charge in [-0.2, -0.15) is 0 Å². The minimum atomic E-state index is -0.437. The lowest BCUT2D eigenvalue weighted by molar-refractivity contribution is -0.384. The number of aromatic nitrogens is 1. The Bertz CT molecular complexity index is 552. The smallest absolute Gasteiger partial charge is 0.274 e. The highest BCUT2D eigenvalue weighted by Gasteiger charge is 2.06. The van der Waals surface area contributed by atoms with Crippen molar-refractivity contribution in [2.24, 2.45) is 0 Å². The van der Waals surface area contributed by atoms with E-state index in [-0.39, 0.29) is 5.69 Å². The second kappa shape index (κ2) is 5.27. The van der Waals surface area contributed by atoms with Crippen molar-refractivity contribution in [1.82, 2.24) is 4.98 Å². The van der Waals surface area contributed by atoms with Gasteiger partial charge >= 0.3 is 0 Å². The summed E-state index contributed by atoms with van der Waals surface area (Å²) in [6.45, 7) is 2.09. The summed E-state index contributed by atoms with van der Waals surface area (Å²) < 4.78 is 0. The van der Waals surface area contributed by atoms with E-state index in [0.29, 0.717) is 5.82 Å². The van der Waals surface area contributed by atoms with Crippen LogP contribution in [0.5, 0.6) is 0 Å². The zero-order valence-corrected chi connectivity index (χ0v) is 9.96. The van der Waals surface area contributed by atoms with E-state index in [1.54, 1.807) is 0 Å². The highest BCUT2D eigenvalue weighted by Crippen LogP contribution is 2.19. The van der Waals surface area contributed by atoms with Crippen LogP contribution in [-0.2, 0) is 6.42 Å². The van der Waals surface area contributed by atoms with E-state index in [1.165, 1.54) is 23.9 Å². The van der Waals surface area contributed by atoms with E-state index in [2.05, 4.69) is 17.2 Å². The Hall–Kier alpha value is -2.43. The molecule has 0 saturated carbocycles. The topological polar surface area (TPSA) is 68.1 Å². The molecule has 1 heterocycles.